The van der Waals surface area contributed by atoms with Crippen molar-refractivity contribution >= 4 is 5.69 Å². The lowest BCUT2D eigenvalue weighted by molar-refractivity contribution is 0.303. The van der Waals surface area contributed by atoms with Gasteiger partial charge in [-0.2, -0.15) is 0 Å². The van der Waals surface area contributed by atoms with E-state index in [2.05, 4.69) is 18.8 Å². The average molecular weight is 294 g/mol. The summed E-state index contributed by atoms with van der Waals surface area (Å²) in [7, 11) is 0. The van der Waals surface area contributed by atoms with Crippen molar-refractivity contribution in [1.82, 2.24) is 5.32 Å². The molecule has 0 radical (unpaired) electrons. The summed E-state index contributed by atoms with van der Waals surface area (Å²) < 4.78 is 14.0. The number of halogens is 1. The normalized spacial score (nSPS) is 12.2. The molecule has 1 aromatic rings. The average Bonchev–Trinajstić information content (AvgIpc) is 2.47. The largest absolute Gasteiger partial charge is 0.395 e. The number of benzene rings is 1. The van der Waals surface area contributed by atoms with Gasteiger partial charge in [-0.1, -0.05) is 13.0 Å². The maximum absolute atomic E-state index is 14.0. The van der Waals surface area contributed by atoms with Crippen molar-refractivity contribution in [3.63, 3.8) is 0 Å². The fraction of sp³-hybridized carbons (Fsp3) is 0.529. The van der Waals surface area contributed by atoms with E-state index >= 15 is 0 Å². The lowest BCUT2D eigenvalue weighted by Gasteiger charge is -2.28. The number of nitrogens with zero attached hydrogens (tertiary/aromatic N) is 1. The molecule has 3 nitrogen and oxygen atoms in total. The second-order valence-corrected chi connectivity index (χ2v) is 5.29. The third-order valence-electron chi connectivity index (χ3n) is 3.54. The Labute approximate surface area is 127 Å². The lowest BCUT2D eigenvalue weighted by Crippen LogP contribution is -2.30. The minimum absolute atomic E-state index is 0.0560. The molecule has 2 N–H and O–H groups in total. The Kier molecular flexibility index (Phi) is 7.40. The molecule has 0 aliphatic rings. The molecular formula is C17H27FN2O. The standard InChI is InChI=1S/C17H27FN2O/c1-5-7-19-14(4)15-12-16(18)13(3)11-17(15)20(8-6-2)9-10-21/h6,11-12,14,19,21H,2,5,7-10H2,1,3-4H3. The zero-order valence-corrected chi connectivity index (χ0v) is 13.3. The smallest absolute Gasteiger partial charge is 0.126 e. The van der Waals surface area contributed by atoms with Gasteiger partial charge in [-0.25, -0.2) is 4.39 Å². The van der Waals surface area contributed by atoms with E-state index < -0.39 is 0 Å². The second kappa shape index (κ2) is 8.80. The van der Waals surface area contributed by atoms with E-state index in [0.717, 1.165) is 24.2 Å². The number of aliphatic hydroxyl groups excluding tert-OH is 1. The molecule has 0 aliphatic carbocycles. The van der Waals surface area contributed by atoms with Crippen molar-refractivity contribution in [3.8, 4) is 0 Å². The highest BCUT2D eigenvalue weighted by atomic mass is 19.1. The summed E-state index contributed by atoms with van der Waals surface area (Å²) in [4.78, 5) is 2.03. The Morgan fingerprint density at radius 2 is 2.19 bits per heavy atom. The van der Waals surface area contributed by atoms with E-state index in [1.807, 2.05) is 17.9 Å². The first kappa shape index (κ1) is 17.7. The zero-order chi connectivity index (χ0) is 15.8. The monoisotopic (exact) mass is 294 g/mol. The van der Waals surface area contributed by atoms with Gasteiger partial charge in [-0.15, -0.1) is 6.58 Å². The van der Waals surface area contributed by atoms with Crippen molar-refractivity contribution in [2.75, 3.05) is 31.1 Å². The van der Waals surface area contributed by atoms with E-state index in [1.165, 1.54) is 0 Å². The SMILES string of the molecule is C=CCN(CCO)c1cc(C)c(F)cc1C(C)NCCC. The van der Waals surface area contributed by atoms with Crippen LogP contribution in [0, 0.1) is 12.7 Å². The molecule has 1 atom stereocenters. The van der Waals surface area contributed by atoms with E-state index in [-0.39, 0.29) is 18.5 Å². The van der Waals surface area contributed by atoms with Crippen LogP contribution in [-0.4, -0.2) is 31.3 Å². The summed E-state index contributed by atoms with van der Waals surface area (Å²) in [6.45, 7) is 11.7. The summed E-state index contributed by atoms with van der Waals surface area (Å²) in [5.41, 5.74) is 2.49. The molecule has 21 heavy (non-hydrogen) atoms. The van der Waals surface area contributed by atoms with Gasteiger partial charge >= 0.3 is 0 Å². The van der Waals surface area contributed by atoms with E-state index in [0.29, 0.717) is 18.7 Å². The van der Waals surface area contributed by atoms with Crippen LogP contribution < -0.4 is 10.2 Å². The molecule has 0 saturated carbocycles. The molecule has 0 aliphatic heterocycles. The molecule has 0 bridgehead atoms. The van der Waals surface area contributed by atoms with Gasteiger partial charge in [0.15, 0.2) is 0 Å². The highest BCUT2D eigenvalue weighted by molar-refractivity contribution is 5.57. The molecule has 0 spiro atoms. The number of nitrogens with one attached hydrogen (secondary N) is 1. The first-order valence-corrected chi connectivity index (χ1v) is 7.55. The predicted molar refractivity (Wildman–Crippen MR) is 87.3 cm³/mol. The quantitative estimate of drug-likeness (QED) is 0.687. The summed E-state index contributed by atoms with van der Waals surface area (Å²) in [5, 5.41) is 12.6. The molecule has 0 heterocycles. The predicted octanol–water partition coefficient (Wildman–Crippen LogP) is 3.18. The van der Waals surface area contributed by atoms with Gasteiger partial charge in [-0.3, -0.25) is 0 Å². The molecule has 0 saturated heterocycles. The number of aryl methyl sites for hydroxylation is 1. The first-order chi connectivity index (χ1) is 10.0. The second-order valence-electron chi connectivity index (χ2n) is 5.29. The van der Waals surface area contributed by atoms with E-state index in [1.54, 1.807) is 19.1 Å². The van der Waals surface area contributed by atoms with Crippen LogP contribution in [0.25, 0.3) is 0 Å². The number of hydrogen-bond donors (Lipinski definition) is 2. The molecule has 1 rings (SSSR count). The van der Waals surface area contributed by atoms with Crippen LogP contribution in [0.1, 0.15) is 37.4 Å². The van der Waals surface area contributed by atoms with Gasteiger partial charge in [-0.05, 0) is 50.1 Å². The summed E-state index contributed by atoms with van der Waals surface area (Å²) in [5.74, 6) is -0.193. The summed E-state index contributed by atoms with van der Waals surface area (Å²) >= 11 is 0. The van der Waals surface area contributed by atoms with Crippen LogP contribution in [0.4, 0.5) is 10.1 Å². The fourth-order valence-corrected chi connectivity index (χ4v) is 2.36. The molecular weight excluding hydrogens is 267 g/mol. The van der Waals surface area contributed by atoms with Crippen LogP contribution in [0.2, 0.25) is 0 Å². The van der Waals surface area contributed by atoms with Crippen LogP contribution in [0.3, 0.4) is 0 Å². The van der Waals surface area contributed by atoms with Gasteiger partial charge in [0.2, 0.25) is 0 Å². The summed E-state index contributed by atoms with van der Waals surface area (Å²) in [6, 6.07) is 3.51. The van der Waals surface area contributed by atoms with Crippen LogP contribution in [0.5, 0.6) is 0 Å². The van der Waals surface area contributed by atoms with Crippen LogP contribution in [0.15, 0.2) is 24.8 Å². The highest BCUT2D eigenvalue weighted by Crippen LogP contribution is 2.29. The van der Waals surface area contributed by atoms with Crippen molar-refractivity contribution in [1.29, 1.82) is 0 Å². The molecule has 4 heteroatoms. The van der Waals surface area contributed by atoms with Gasteiger partial charge < -0.3 is 15.3 Å². The first-order valence-electron chi connectivity index (χ1n) is 7.55. The van der Waals surface area contributed by atoms with Crippen molar-refractivity contribution in [2.24, 2.45) is 0 Å². The fourth-order valence-electron chi connectivity index (χ4n) is 2.36. The molecule has 1 aromatic carbocycles. The molecule has 118 valence electrons. The number of rotatable bonds is 9. The highest BCUT2D eigenvalue weighted by Gasteiger charge is 2.17. The Bertz CT molecular complexity index is 462. The summed E-state index contributed by atoms with van der Waals surface area (Å²) in [6.07, 6.45) is 2.82. The topological polar surface area (TPSA) is 35.5 Å². The third kappa shape index (κ3) is 4.83. The lowest BCUT2D eigenvalue weighted by atomic mass is 10.0. The van der Waals surface area contributed by atoms with Crippen LogP contribution >= 0.6 is 0 Å². The van der Waals surface area contributed by atoms with Crippen molar-refractivity contribution in [3.05, 3.63) is 41.7 Å². The Morgan fingerprint density at radius 1 is 1.48 bits per heavy atom. The van der Waals surface area contributed by atoms with E-state index in [4.69, 9.17) is 0 Å². The number of anilines is 1. The van der Waals surface area contributed by atoms with Crippen LogP contribution in [-0.2, 0) is 0 Å². The van der Waals surface area contributed by atoms with Gasteiger partial charge in [0.05, 0.1) is 6.61 Å². The molecule has 0 aromatic heterocycles. The zero-order valence-electron chi connectivity index (χ0n) is 13.3. The third-order valence-corrected chi connectivity index (χ3v) is 3.54. The maximum Gasteiger partial charge on any atom is 0.126 e. The number of aliphatic hydroxyl groups is 1. The van der Waals surface area contributed by atoms with Crippen molar-refractivity contribution < 1.29 is 9.50 Å². The number of hydrogen-bond acceptors (Lipinski definition) is 3. The Morgan fingerprint density at radius 3 is 2.76 bits per heavy atom. The minimum Gasteiger partial charge on any atom is -0.395 e. The van der Waals surface area contributed by atoms with Gasteiger partial charge in [0.1, 0.15) is 5.82 Å². The Hall–Kier alpha value is -1.39. The molecule has 0 amide bonds. The van der Waals surface area contributed by atoms with Gasteiger partial charge in [0.25, 0.3) is 0 Å². The Balaban J connectivity index is 3.19. The van der Waals surface area contributed by atoms with Crippen molar-refractivity contribution in [2.45, 2.75) is 33.2 Å². The van der Waals surface area contributed by atoms with E-state index in [9.17, 15) is 9.50 Å². The van der Waals surface area contributed by atoms with Gasteiger partial charge in [0, 0.05) is 24.8 Å². The molecule has 1 unspecified atom stereocenters. The molecule has 0 fully saturated rings. The maximum atomic E-state index is 14.0. The minimum atomic E-state index is -0.193.